The Morgan fingerprint density at radius 2 is 1.95 bits per heavy atom. The van der Waals surface area contributed by atoms with Gasteiger partial charge in [-0.1, -0.05) is 57.0 Å². The number of benzene rings is 1. The summed E-state index contributed by atoms with van der Waals surface area (Å²) in [5, 5.41) is 6.65. The fourth-order valence-electron chi connectivity index (χ4n) is 3.24. The quantitative estimate of drug-likeness (QED) is 0.837. The van der Waals surface area contributed by atoms with Gasteiger partial charge in [-0.25, -0.2) is 0 Å². The Bertz CT molecular complexity index is 428. The number of piperidine rings is 1. The second-order valence-corrected chi connectivity index (χ2v) is 6.02. The maximum Gasteiger partial charge on any atom is 0.224 e. The minimum absolute atomic E-state index is 0. The Morgan fingerprint density at radius 1 is 1.27 bits per heavy atom. The van der Waals surface area contributed by atoms with Crippen LogP contribution in [0, 0.1) is 11.8 Å². The second-order valence-electron chi connectivity index (χ2n) is 6.02. The summed E-state index contributed by atoms with van der Waals surface area (Å²) in [6.45, 7) is 6.27. The van der Waals surface area contributed by atoms with Gasteiger partial charge in [0.25, 0.3) is 0 Å². The Hall–Kier alpha value is -1.06. The molecule has 0 spiro atoms. The lowest BCUT2D eigenvalue weighted by Gasteiger charge is -2.30. The van der Waals surface area contributed by atoms with Crippen molar-refractivity contribution in [2.24, 2.45) is 11.8 Å². The van der Waals surface area contributed by atoms with Crippen LogP contribution in [0.3, 0.4) is 0 Å². The topological polar surface area (TPSA) is 41.1 Å². The summed E-state index contributed by atoms with van der Waals surface area (Å²) >= 11 is 0. The molecule has 1 aromatic carbocycles. The van der Waals surface area contributed by atoms with Gasteiger partial charge in [-0.3, -0.25) is 4.79 Å². The number of hydrogen-bond donors (Lipinski definition) is 2. The fraction of sp³-hybridized carbons (Fsp3) is 0.611. The maximum atomic E-state index is 12.6. The van der Waals surface area contributed by atoms with E-state index in [9.17, 15) is 4.79 Å². The van der Waals surface area contributed by atoms with Crippen LogP contribution < -0.4 is 10.6 Å². The molecule has 2 N–H and O–H groups in total. The molecule has 22 heavy (non-hydrogen) atoms. The molecule has 2 atom stereocenters. The van der Waals surface area contributed by atoms with Crippen LogP contribution in [0.1, 0.15) is 51.1 Å². The highest BCUT2D eigenvalue weighted by Gasteiger charge is 2.27. The van der Waals surface area contributed by atoms with Gasteiger partial charge in [0.1, 0.15) is 0 Å². The van der Waals surface area contributed by atoms with E-state index in [1.54, 1.807) is 0 Å². The summed E-state index contributed by atoms with van der Waals surface area (Å²) < 4.78 is 0. The first-order chi connectivity index (χ1) is 10.3. The van der Waals surface area contributed by atoms with Crippen molar-refractivity contribution in [3.8, 4) is 0 Å². The predicted molar refractivity (Wildman–Crippen MR) is 94.2 cm³/mol. The highest BCUT2D eigenvalue weighted by molar-refractivity contribution is 5.85. The molecule has 0 saturated carbocycles. The third-order valence-electron chi connectivity index (χ3n) is 4.64. The summed E-state index contributed by atoms with van der Waals surface area (Å²) in [5.74, 6) is 0.829. The van der Waals surface area contributed by atoms with Gasteiger partial charge in [-0.05, 0) is 30.9 Å². The number of carbonyl (C=O) groups is 1. The summed E-state index contributed by atoms with van der Waals surface area (Å²) in [7, 11) is 0. The zero-order chi connectivity index (χ0) is 15.1. The van der Waals surface area contributed by atoms with E-state index in [0.717, 1.165) is 38.8 Å². The first-order valence-corrected chi connectivity index (χ1v) is 8.32. The van der Waals surface area contributed by atoms with Crippen molar-refractivity contribution in [3.63, 3.8) is 0 Å². The molecular formula is C18H29ClN2O. The monoisotopic (exact) mass is 324 g/mol. The molecule has 0 aromatic heterocycles. The molecule has 2 rings (SSSR count). The van der Waals surface area contributed by atoms with E-state index in [2.05, 4.69) is 48.7 Å². The van der Waals surface area contributed by atoms with Gasteiger partial charge in [0.2, 0.25) is 5.91 Å². The Balaban J connectivity index is 0.00000242. The van der Waals surface area contributed by atoms with Crippen molar-refractivity contribution in [3.05, 3.63) is 35.9 Å². The van der Waals surface area contributed by atoms with E-state index < -0.39 is 0 Å². The molecule has 1 saturated heterocycles. The van der Waals surface area contributed by atoms with Crippen molar-refractivity contribution < 1.29 is 4.79 Å². The van der Waals surface area contributed by atoms with Crippen LogP contribution in [-0.4, -0.2) is 19.0 Å². The predicted octanol–water partition coefficient (Wildman–Crippen LogP) is 3.70. The molecule has 2 unspecified atom stereocenters. The number of rotatable bonds is 6. The lowest BCUT2D eigenvalue weighted by Crippen LogP contribution is -2.43. The second kappa shape index (κ2) is 9.86. The zero-order valence-corrected chi connectivity index (χ0v) is 14.5. The van der Waals surface area contributed by atoms with E-state index >= 15 is 0 Å². The van der Waals surface area contributed by atoms with Crippen LogP contribution >= 0.6 is 12.4 Å². The van der Waals surface area contributed by atoms with Crippen LogP contribution in [0.5, 0.6) is 0 Å². The van der Waals surface area contributed by atoms with E-state index in [4.69, 9.17) is 0 Å². The van der Waals surface area contributed by atoms with Gasteiger partial charge in [0, 0.05) is 6.54 Å². The number of nitrogens with one attached hydrogen (secondary N) is 2. The first kappa shape index (κ1) is 19.0. The molecule has 1 aliphatic rings. The van der Waals surface area contributed by atoms with Gasteiger partial charge in [-0.2, -0.15) is 0 Å². The molecular weight excluding hydrogens is 296 g/mol. The van der Waals surface area contributed by atoms with Crippen LogP contribution in [0.15, 0.2) is 30.3 Å². The molecule has 0 bridgehead atoms. The highest BCUT2D eigenvalue weighted by Crippen LogP contribution is 2.28. The minimum atomic E-state index is 0. The Morgan fingerprint density at radius 3 is 2.50 bits per heavy atom. The van der Waals surface area contributed by atoms with Crippen molar-refractivity contribution >= 4 is 18.3 Å². The number of amides is 1. The fourth-order valence-corrected chi connectivity index (χ4v) is 3.24. The molecule has 0 aliphatic carbocycles. The highest BCUT2D eigenvalue weighted by atomic mass is 35.5. The number of carbonyl (C=O) groups excluding carboxylic acids is 1. The first-order valence-electron chi connectivity index (χ1n) is 8.32. The average Bonchev–Trinajstić information content (AvgIpc) is 2.56. The normalized spacial score (nSPS) is 19.3. The summed E-state index contributed by atoms with van der Waals surface area (Å²) in [5.41, 5.74) is 1.23. The zero-order valence-electron chi connectivity index (χ0n) is 13.7. The summed E-state index contributed by atoms with van der Waals surface area (Å²) in [6.07, 6.45) is 4.26. The van der Waals surface area contributed by atoms with Gasteiger partial charge >= 0.3 is 0 Å². The van der Waals surface area contributed by atoms with Gasteiger partial charge in [-0.15, -0.1) is 12.4 Å². The van der Waals surface area contributed by atoms with E-state index in [0.29, 0.717) is 5.92 Å². The van der Waals surface area contributed by atoms with Crippen LogP contribution in [0.2, 0.25) is 0 Å². The third kappa shape index (κ3) is 4.99. The van der Waals surface area contributed by atoms with Gasteiger partial charge < -0.3 is 10.6 Å². The molecule has 124 valence electrons. The molecule has 1 heterocycles. The molecule has 1 fully saturated rings. The van der Waals surface area contributed by atoms with Crippen molar-refractivity contribution in [1.82, 2.24) is 10.6 Å². The number of halogens is 1. The van der Waals surface area contributed by atoms with E-state index in [-0.39, 0.29) is 30.3 Å². The van der Waals surface area contributed by atoms with Crippen molar-refractivity contribution in [1.29, 1.82) is 0 Å². The maximum absolute atomic E-state index is 12.6. The van der Waals surface area contributed by atoms with Crippen molar-refractivity contribution in [2.45, 2.75) is 45.6 Å². The lowest BCUT2D eigenvalue weighted by atomic mass is 9.88. The largest absolute Gasteiger partial charge is 0.349 e. The molecule has 3 nitrogen and oxygen atoms in total. The smallest absolute Gasteiger partial charge is 0.224 e. The Kier molecular flexibility index (Phi) is 8.51. The SMILES string of the molecule is CCC(CC)C(NC(=O)C1CCCNC1)c1ccccc1.Cl. The molecule has 1 aliphatic heterocycles. The van der Waals surface area contributed by atoms with Crippen LogP contribution in [-0.2, 0) is 4.79 Å². The third-order valence-corrected chi connectivity index (χ3v) is 4.64. The van der Waals surface area contributed by atoms with Crippen molar-refractivity contribution in [2.75, 3.05) is 13.1 Å². The summed E-state index contributed by atoms with van der Waals surface area (Å²) in [6, 6.07) is 10.5. The number of hydrogen-bond acceptors (Lipinski definition) is 2. The van der Waals surface area contributed by atoms with E-state index in [1.807, 2.05) is 6.07 Å². The van der Waals surface area contributed by atoms with Gasteiger partial charge in [0.05, 0.1) is 12.0 Å². The van der Waals surface area contributed by atoms with Gasteiger partial charge in [0.15, 0.2) is 0 Å². The average molecular weight is 325 g/mol. The molecule has 1 amide bonds. The van der Waals surface area contributed by atoms with Crippen LogP contribution in [0.25, 0.3) is 0 Å². The van der Waals surface area contributed by atoms with Crippen LogP contribution in [0.4, 0.5) is 0 Å². The summed E-state index contributed by atoms with van der Waals surface area (Å²) in [4.78, 5) is 12.6. The lowest BCUT2D eigenvalue weighted by molar-refractivity contribution is -0.126. The Labute approximate surface area is 140 Å². The molecule has 1 aromatic rings. The molecule has 4 heteroatoms. The minimum Gasteiger partial charge on any atom is -0.349 e. The van der Waals surface area contributed by atoms with E-state index in [1.165, 1.54) is 5.56 Å². The standard InChI is InChI=1S/C18H28N2O.ClH/c1-3-14(4-2)17(15-9-6-5-7-10-15)20-18(21)16-11-8-12-19-13-16;/h5-7,9-10,14,16-17,19H,3-4,8,11-13H2,1-2H3,(H,20,21);1H. The molecule has 0 radical (unpaired) electrons.